The molecular formula is C18H19NO4. The third-order valence-electron chi connectivity index (χ3n) is 4.35. The maximum Gasteiger partial charge on any atom is 0.339 e. The summed E-state index contributed by atoms with van der Waals surface area (Å²) in [6, 6.07) is 9.68. The predicted octanol–water partition coefficient (Wildman–Crippen LogP) is 2.71. The number of hydrogen-bond acceptors (Lipinski definition) is 3. The number of furan rings is 1. The molecule has 1 aromatic carbocycles. The summed E-state index contributed by atoms with van der Waals surface area (Å²) in [5.41, 5.74) is 2.70. The summed E-state index contributed by atoms with van der Waals surface area (Å²) in [5, 5.41) is 11.9. The van der Waals surface area contributed by atoms with Gasteiger partial charge in [-0.1, -0.05) is 24.3 Å². The lowest BCUT2D eigenvalue weighted by Gasteiger charge is -2.23. The van der Waals surface area contributed by atoms with Crippen molar-refractivity contribution in [2.45, 2.75) is 32.7 Å². The van der Waals surface area contributed by atoms with E-state index >= 15 is 0 Å². The van der Waals surface area contributed by atoms with Gasteiger partial charge in [-0.05, 0) is 43.4 Å². The topological polar surface area (TPSA) is 79.5 Å². The Kier molecular flexibility index (Phi) is 4.19. The van der Waals surface area contributed by atoms with Crippen LogP contribution in [-0.4, -0.2) is 17.0 Å². The van der Waals surface area contributed by atoms with Gasteiger partial charge in [0.1, 0.15) is 17.1 Å². The second-order valence-electron chi connectivity index (χ2n) is 5.91. The molecule has 0 spiro atoms. The second-order valence-corrected chi connectivity index (χ2v) is 5.91. The van der Waals surface area contributed by atoms with Crippen molar-refractivity contribution in [3.05, 3.63) is 58.5 Å². The van der Waals surface area contributed by atoms with Gasteiger partial charge in [0, 0.05) is 5.92 Å². The van der Waals surface area contributed by atoms with Gasteiger partial charge < -0.3 is 14.8 Å². The number of rotatable bonds is 4. The van der Waals surface area contributed by atoms with Gasteiger partial charge in [0.15, 0.2) is 0 Å². The number of aryl methyl sites for hydroxylation is 2. The highest BCUT2D eigenvalue weighted by molar-refractivity contribution is 5.88. The van der Waals surface area contributed by atoms with E-state index in [1.54, 1.807) is 6.92 Å². The predicted molar refractivity (Wildman–Crippen MR) is 84.2 cm³/mol. The van der Waals surface area contributed by atoms with Crippen LogP contribution in [0.15, 0.2) is 34.7 Å². The van der Waals surface area contributed by atoms with E-state index in [1.165, 1.54) is 17.2 Å². The van der Waals surface area contributed by atoms with Crippen molar-refractivity contribution in [1.82, 2.24) is 5.32 Å². The summed E-state index contributed by atoms with van der Waals surface area (Å²) in [4.78, 5) is 23.3. The Hall–Kier alpha value is -2.56. The highest BCUT2D eigenvalue weighted by atomic mass is 16.4. The van der Waals surface area contributed by atoms with Crippen LogP contribution < -0.4 is 5.32 Å². The fourth-order valence-corrected chi connectivity index (χ4v) is 3.08. The Labute approximate surface area is 134 Å². The van der Waals surface area contributed by atoms with Crippen LogP contribution >= 0.6 is 0 Å². The van der Waals surface area contributed by atoms with Gasteiger partial charge in [0.25, 0.3) is 0 Å². The summed E-state index contributed by atoms with van der Waals surface area (Å²) < 4.78 is 5.37. The van der Waals surface area contributed by atoms with Gasteiger partial charge >= 0.3 is 5.97 Å². The fraction of sp³-hybridized carbons (Fsp3) is 0.333. The first-order valence-electron chi connectivity index (χ1n) is 7.71. The highest BCUT2D eigenvalue weighted by Gasteiger charge is 2.24. The van der Waals surface area contributed by atoms with Gasteiger partial charge in [-0.25, -0.2) is 4.79 Å². The Morgan fingerprint density at radius 3 is 2.74 bits per heavy atom. The maximum atomic E-state index is 12.3. The molecule has 1 amide bonds. The molecule has 1 atom stereocenters. The van der Waals surface area contributed by atoms with Crippen LogP contribution in [0.25, 0.3) is 0 Å². The summed E-state index contributed by atoms with van der Waals surface area (Å²) in [6.45, 7) is 1.82. The first-order valence-corrected chi connectivity index (χ1v) is 7.71. The molecule has 23 heavy (non-hydrogen) atoms. The van der Waals surface area contributed by atoms with Crippen LogP contribution in [-0.2, 0) is 24.2 Å². The molecule has 1 aliphatic carbocycles. The van der Waals surface area contributed by atoms with Crippen LogP contribution in [0.4, 0.5) is 0 Å². The molecule has 0 saturated carbocycles. The second kappa shape index (κ2) is 6.28. The Morgan fingerprint density at radius 2 is 2.04 bits per heavy atom. The normalized spacial score (nSPS) is 16.7. The number of carbonyl (C=O) groups is 2. The molecule has 0 bridgehead atoms. The first-order chi connectivity index (χ1) is 11.0. The summed E-state index contributed by atoms with van der Waals surface area (Å²) in [7, 11) is 0. The average molecular weight is 313 g/mol. The van der Waals surface area contributed by atoms with E-state index in [-0.39, 0.29) is 23.9 Å². The standard InChI is InChI=1S/C18H19NO4/c1-11-16(18(21)22)9-15(23-11)10-19-17(20)14-7-6-12-4-2-3-5-13(12)8-14/h2-5,9,14H,6-8,10H2,1H3,(H,19,20)(H,21,22). The highest BCUT2D eigenvalue weighted by Crippen LogP contribution is 2.25. The lowest BCUT2D eigenvalue weighted by molar-refractivity contribution is -0.125. The van der Waals surface area contributed by atoms with E-state index in [9.17, 15) is 9.59 Å². The number of amides is 1. The molecule has 0 radical (unpaired) electrons. The number of carboxylic acid groups (broad SMARTS) is 1. The minimum Gasteiger partial charge on any atom is -0.478 e. The van der Waals surface area contributed by atoms with Crippen molar-refractivity contribution >= 4 is 11.9 Å². The van der Waals surface area contributed by atoms with Crippen LogP contribution in [0.1, 0.15) is 39.4 Å². The zero-order chi connectivity index (χ0) is 16.4. The van der Waals surface area contributed by atoms with Gasteiger partial charge in [0.2, 0.25) is 5.91 Å². The van der Waals surface area contributed by atoms with E-state index < -0.39 is 5.97 Å². The summed E-state index contributed by atoms with van der Waals surface area (Å²) >= 11 is 0. The average Bonchev–Trinajstić information content (AvgIpc) is 2.93. The Morgan fingerprint density at radius 1 is 1.30 bits per heavy atom. The van der Waals surface area contributed by atoms with E-state index in [2.05, 4.69) is 17.4 Å². The molecule has 0 saturated heterocycles. The van der Waals surface area contributed by atoms with E-state index in [1.807, 2.05) is 12.1 Å². The zero-order valence-electron chi connectivity index (χ0n) is 13.0. The molecule has 1 unspecified atom stereocenters. The van der Waals surface area contributed by atoms with Crippen molar-refractivity contribution in [2.75, 3.05) is 0 Å². The number of hydrogen-bond donors (Lipinski definition) is 2. The third-order valence-corrected chi connectivity index (χ3v) is 4.35. The number of carbonyl (C=O) groups excluding carboxylic acids is 1. The maximum absolute atomic E-state index is 12.3. The molecule has 0 fully saturated rings. The van der Waals surface area contributed by atoms with Crippen LogP contribution in [0.5, 0.6) is 0 Å². The van der Waals surface area contributed by atoms with Crippen molar-refractivity contribution in [1.29, 1.82) is 0 Å². The molecule has 5 heteroatoms. The van der Waals surface area contributed by atoms with Crippen molar-refractivity contribution in [2.24, 2.45) is 5.92 Å². The largest absolute Gasteiger partial charge is 0.478 e. The number of carboxylic acids is 1. The molecule has 2 N–H and O–H groups in total. The van der Waals surface area contributed by atoms with Crippen LogP contribution in [0.3, 0.4) is 0 Å². The molecule has 0 aliphatic heterocycles. The van der Waals surface area contributed by atoms with Gasteiger partial charge in [-0.2, -0.15) is 0 Å². The SMILES string of the molecule is Cc1oc(CNC(=O)C2CCc3ccccc3C2)cc1C(=O)O. The van der Waals surface area contributed by atoms with E-state index in [0.717, 1.165) is 19.3 Å². The van der Waals surface area contributed by atoms with Crippen molar-refractivity contribution in [3.8, 4) is 0 Å². The van der Waals surface area contributed by atoms with Crippen molar-refractivity contribution < 1.29 is 19.1 Å². The molecular weight excluding hydrogens is 294 g/mol. The minimum absolute atomic E-state index is 0.00886. The monoisotopic (exact) mass is 313 g/mol. The smallest absolute Gasteiger partial charge is 0.339 e. The third kappa shape index (κ3) is 3.28. The molecule has 1 aromatic heterocycles. The van der Waals surface area contributed by atoms with Crippen LogP contribution in [0.2, 0.25) is 0 Å². The molecule has 3 rings (SSSR count). The lowest BCUT2D eigenvalue weighted by atomic mass is 9.83. The molecule has 2 aromatic rings. The van der Waals surface area contributed by atoms with Gasteiger partial charge in [-0.15, -0.1) is 0 Å². The number of aromatic carboxylic acids is 1. The molecule has 5 nitrogen and oxygen atoms in total. The van der Waals surface area contributed by atoms with E-state index in [0.29, 0.717) is 11.5 Å². The lowest BCUT2D eigenvalue weighted by Crippen LogP contribution is -2.33. The van der Waals surface area contributed by atoms with Gasteiger partial charge in [-0.3, -0.25) is 4.79 Å². The number of nitrogens with one attached hydrogen (secondary N) is 1. The molecule has 1 aliphatic rings. The summed E-state index contributed by atoms with van der Waals surface area (Å²) in [5.74, 6) is -0.254. The number of benzene rings is 1. The van der Waals surface area contributed by atoms with Gasteiger partial charge in [0.05, 0.1) is 6.54 Å². The van der Waals surface area contributed by atoms with Crippen molar-refractivity contribution in [3.63, 3.8) is 0 Å². The quantitative estimate of drug-likeness (QED) is 0.909. The van der Waals surface area contributed by atoms with E-state index in [4.69, 9.17) is 9.52 Å². The fourth-order valence-electron chi connectivity index (χ4n) is 3.08. The number of fused-ring (bicyclic) bond motifs is 1. The zero-order valence-corrected chi connectivity index (χ0v) is 13.0. The molecule has 1 heterocycles. The Balaban J connectivity index is 1.60. The summed E-state index contributed by atoms with van der Waals surface area (Å²) in [6.07, 6.45) is 2.50. The van der Waals surface area contributed by atoms with Crippen LogP contribution in [0, 0.1) is 12.8 Å². The molecule has 120 valence electrons. The minimum atomic E-state index is -1.02. The first kappa shape index (κ1) is 15.3. The Bertz CT molecular complexity index is 747.